The Morgan fingerprint density at radius 2 is 0.743 bits per heavy atom. The summed E-state index contributed by atoms with van der Waals surface area (Å²) in [6.07, 6.45) is 0. The van der Waals surface area contributed by atoms with Crippen LogP contribution in [0.5, 0.6) is 0 Å². The summed E-state index contributed by atoms with van der Waals surface area (Å²) >= 11 is 3.77. The molecule has 0 aromatic heterocycles. The molecular weight excluding hydrogens is 488 g/mol. The molecule has 164 valence electrons. The largest absolute Gasteiger partial charge is 0.0616 e. The molecule has 0 nitrogen and oxygen atoms in total. The van der Waals surface area contributed by atoms with E-state index >= 15 is 0 Å². The van der Waals surface area contributed by atoms with Gasteiger partial charge in [0.15, 0.2) is 0 Å². The summed E-state index contributed by atoms with van der Waals surface area (Å²) in [6.45, 7) is 0. The van der Waals surface area contributed by atoms with Crippen LogP contribution in [-0.2, 0) is 0 Å². The first-order valence-electron chi connectivity index (χ1n) is 11.9. The molecule has 0 saturated carbocycles. The average molecular weight is 509 g/mol. The molecule has 1 heteroatoms. The molecule has 0 unspecified atom stereocenters. The highest BCUT2D eigenvalue weighted by molar-refractivity contribution is 9.10. The molecule has 0 N–H and O–H groups in total. The summed E-state index contributed by atoms with van der Waals surface area (Å²) in [5.74, 6) is 0. The molecule has 0 atom stereocenters. The van der Waals surface area contributed by atoms with Crippen LogP contribution in [-0.4, -0.2) is 0 Å². The topological polar surface area (TPSA) is 0 Å². The Bertz CT molecular complexity index is 1850. The molecule has 0 bridgehead atoms. The van der Waals surface area contributed by atoms with Gasteiger partial charge in [-0.3, -0.25) is 0 Å². The maximum absolute atomic E-state index is 3.77. The van der Waals surface area contributed by atoms with Gasteiger partial charge in [-0.15, -0.1) is 0 Å². The summed E-state index contributed by atoms with van der Waals surface area (Å²) in [7, 11) is 0. The van der Waals surface area contributed by atoms with Gasteiger partial charge in [0.25, 0.3) is 0 Å². The predicted molar refractivity (Wildman–Crippen MR) is 155 cm³/mol. The third kappa shape index (κ3) is 3.12. The molecule has 0 heterocycles. The lowest BCUT2D eigenvalue weighted by Gasteiger charge is -2.20. The fraction of sp³-hybridized carbons (Fsp3) is 0. The first kappa shape index (κ1) is 20.4. The summed E-state index contributed by atoms with van der Waals surface area (Å²) < 4.78 is 1.12. The minimum absolute atomic E-state index is 1.12. The molecule has 7 aromatic rings. The second-order valence-corrected chi connectivity index (χ2v) is 9.86. The molecule has 7 rings (SSSR count). The third-order valence-corrected chi connectivity index (χ3v) is 7.82. The van der Waals surface area contributed by atoms with Gasteiger partial charge in [-0.1, -0.05) is 137 Å². The van der Waals surface area contributed by atoms with Crippen LogP contribution < -0.4 is 0 Å². The minimum atomic E-state index is 1.12. The number of hydrogen-bond donors (Lipinski definition) is 0. The van der Waals surface area contributed by atoms with Crippen molar-refractivity contribution < 1.29 is 0 Å². The van der Waals surface area contributed by atoms with Crippen molar-refractivity contribution in [1.29, 1.82) is 0 Å². The van der Waals surface area contributed by atoms with Crippen molar-refractivity contribution in [3.63, 3.8) is 0 Å². The quantitative estimate of drug-likeness (QED) is 0.203. The van der Waals surface area contributed by atoms with Crippen molar-refractivity contribution in [2.45, 2.75) is 0 Å². The Labute approximate surface area is 212 Å². The van der Waals surface area contributed by atoms with Crippen molar-refractivity contribution in [3.8, 4) is 22.3 Å². The van der Waals surface area contributed by atoms with Crippen molar-refractivity contribution in [2.75, 3.05) is 0 Å². The summed E-state index contributed by atoms with van der Waals surface area (Å²) in [4.78, 5) is 0. The van der Waals surface area contributed by atoms with E-state index in [1.807, 2.05) is 0 Å². The van der Waals surface area contributed by atoms with Crippen LogP contribution in [0.25, 0.3) is 65.3 Å². The van der Waals surface area contributed by atoms with Gasteiger partial charge in [-0.05, 0) is 71.4 Å². The van der Waals surface area contributed by atoms with Crippen LogP contribution in [0.15, 0.2) is 132 Å². The zero-order valence-electron chi connectivity index (χ0n) is 19.0. The molecule has 0 radical (unpaired) electrons. The van der Waals surface area contributed by atoms with E-state index in [1.165, 1.54) is 65.3 Å². The molecule has 0 aliphatic carbocycles. The normalized spacial score (nSPS) is 11.6. The summed E-state index contributed by atoms with van der Waals surface area (Å²) in [5, 5.41) is 10.2. The highest BCUT2D eigenvalue weighted by atomic mass is 79.9. The van der Waals surface area contributed by atoms with Gasteiger partial charge in [0.1, 0.15) is 0 Å². The van der Waals surface area contributed by atoms with Crippen molar-refractivity contribution in [2.24, 2.45) is 0 Å². The average Bonchev–Trinajstić information content (AvgIpc) is 2.92. The van der Waals surface area contributed by atoms with E-state index < -0.39 is 0 Å². The SMILES string of the molecule is Brc1ccc(-c2c3ccccc3c(-c3cccc4ccccc34)c3ccccc23)c2ccccc12. The van der Waals surface area contributed by atoms with E-state index in [4.69, 9.17) is 0 Å². The van der Waals surface area contributed by atoms with Gasteiger partial charge in [-0.25, -0.2) is 0 Å². The lowest BCUT2D eigenvalue weighted by atomic mass is 9.84. The van der Waals surface area contributed by atoms with Crippen LogP contribution >= 0.6 is 15.9 Å². The van der Waals surface area contributed by atoms with Crippen LogP contribution in [0.4, 0.5) is 0 Å². The molecule has 0 fully saturated rings. The smallest absolute Gasteiger partial charge is 0.0254 e. The van der Waals surface area contributed by atoms with Gasteiger partial charge in [0, 0.05) is 4.47 Å². The molecule has 35 heavy (non-hydrogen) atoms. The van der Waals surface area contributed by atoms with Gasteiger partial charge >= 0.3 is 0 Å². The minimum Gasteiger partial charge on any atom is -0.0616 e. The number of halogens is 1. The van der Waals surface area contributed by atoms with E-state index in [0.717, 1.165) is 4.47 Å². The lowest BCUT2D eigenvalue weighted by Crippen LogP contribution is -1.92. The lowest BCUT2D eigenvalue weighted by molar-refractivity contribution is 1.67. The highest BCUT2D eigenvalue weighted by Crippen LogP contribution is 2.46. The maximum Gasteiger partial charge on any atom is 0.0254 e. The Morgan fingerprint density at radius 3 is 1.34 bits per heavy atom. The maximum atomic E-state index is 3.77. The van der Waals surface area contributed by atoms with E-state index in [-0.39, 0.29) is 0 Å². The molecule has 7 aromatic carbocycles. The van der Waals surface area contributed by atoms with Crippen LogP contribution in [0.2, 0.25) is 0 Å². The second-order valence-electron chi connectivity index (χ2n) is 9.01. The molecule has 0 aliphatic heterocycles. The Kier molecular flexibility index (Phi) is 4.72. The van der Waals surface area contributed by atoms with Gasteiger partial charge < -0.3 is 0 Å². The summed E-state index contributed by atoms with van der Waals surface area (Å²) in [6, 6.07) is 46.2. The number of hydrogen-bond acceptors (Lipinski definition) is 0. The van der Waals surface area contributed by atoms with Crippen LogP contribution in [0.3, 0.4) is 0 Å². The summed E-state index contributed by atoms with van der Waals surface area (Å²) in [5.41, 5.74) is 5.14. The number of rotatable bonds is 2. The zero-order valence-corrected chi connectivity index (χ0v) is 20.6. The predicted octanol–water partition coefficient (Wildman–Crippen LogP) is 10.4. The Hall–Kier alpha value is -3.94. The molecule has 0 amide bonds. The zero-order chi connectivity index (χ0) is 23.4. The van der Waals surface area contributed by atoms with E-state index in [9.17, 15) is 0 Å². The van der Waals surface area contributed by atoms with Gasteiger partial charge in [-0.2, -0.15) is 0 Å². The van der Waals surface area contributed by atoms with E-state index in [0.29, 0.717) is 0 Å². The molecule has 0 spiro atoms. The number of fused-ring (bicyclic) bond motifs is 4. The van der Waals surface area contributed by atoms with Gasteiger partial charge in [0.05, 0.1) is 0 Å². The van der Waals surface area contributed by atoms with Crippen molar-refractivity contribution in [3.05, 3.63) is 132 Å². The molecule has 0 aliphatic rings. The van der Waals surface area contributed by atoms with Crippen LogP contribution in [0.1, 0.15) is 0 Å². The first-order valence-corrected chi connectivity index (χ1v) is 12.7. The molecule has 0 saturated heterocycles. The number of benzene rings is 7. The fourth-order valence-corrected chi connectivity index (χ4v) is 6.11. The molecular formula is C34H21Br. The second kappa shape index (κ2) is 8.08. The first-order chi connectivity index (χ1) is 17.3. The fourth-order valence-electron chi connectivity index (χ4n) is 5.63. The van der Waals surface area contributed by atoms with Crippen LogP contribution in [0, 0.1) is 0 Å². The Morgan fingerprint density at radius 1 is 0.314 bits per heavy atom. The Balaban J connectivity index is 1.70. The van der Waals surface area contributed by atoms with Crippen molar-refractivity contribution >= 4 is 59.0 Å². The van der Waals surface area contributed by atoms with E-state index in [1.54, 1.807) is 0 Å². The van der Waals surface area contributed by atoms with E-state index in [2.05, 4.69) is 143 Å². The monoisotopic (exact) mass is 508 g/mol. The standard InChI is InChI=1S/C34H21Br/c35-32-21-20-31(24-13-3-4-14-25(24)32)34-29-17-7-5-15-27(29)33(28-16-6-8-18-30(28)34)26-19-9-11-22-10-1-2-12-23(22)26/h1-21H. The third-order valence-electron chi connectivity index (χ3n) is 7.13. The highest BCUT2D eigenvalue weighted by Gasteiger charge is 2.19. The van der Waals surface area contributed by atoms with Gasteiger partial charge in [0.2, 0.25) is 0 Å². The van der Waals surface area contributed by atoms with Crippen molar-refractivity contribution in [1.82, 2.24) is 0 Å².